The molecule has 0 heterocycles. The Labute approximate surface area is 342 Å². The van der Waals surface area contributed by atoms with Crippen LogP contribution >= 0.6 is 7.82 Å². The average molecular weight is 807 g/mol. The lowest BCUT2D eigenvalue weighted by Crippen LogP contribution is -2.37. The summed E-state index contributed by atoms with van der Waals surface area (Å²) in [4.78, 5) is 35.3. The average Bonchev–Trinajstić information content (AvgIpc) is 3.15. The summed E-state index contributed by atoms with van der Waals surface area (Å²) in [6.45, 7) is 4.20. The van der Waals surface area contributed by atoms with Gasteiger partial charge in [0.1, 0.15) is 19.8 Å². The van der Waals surface area contributed by atoms with Crippen molar-refractivity contribution in [3.63, 3.8) is 0 Å². The van der Waals surface area contributed by atoms with E-state index in [9.17, 15) is 19.0 Å². The van der Waals surface area contributed by atoms with Crippen LogP contribution in [0.15, 0.2) is 72.9 Å². The maximum Gasteiger partial charge on any atom is 0.472 e. The lowest BCUT2D eigenvalue weighted by atomic mass is 10.1. The van der Waals surface area contributed by atoms with Crippen molar-refractivity contribution < 1.29 is 42.1 Å². The van der Waals surface area contributed by atoms with Crippen molar-refractivity contribution in [3.8, 4) is 0 Å². The summed E-state index contributed by atoms with van der Waals surface area (Å²) >= 11 is 0. The van der Waals surface area contributed by atoms with Crippen LogP contribution in [0.1, 0.15) is 155 Å². The van der Waals surface area contributed by atoms with Gasteiger partial charge in [-0.1, -0.05) is 132 Å². The minimum atomic E-state index is -4.39. The van der Waals surface area contributed by atoms with Crippen LogP contribution in [-0.4, -0.2) is 74.9 Å². The van der Waals surface area contributed by atoms with E-state index in [1.54, 1.807) is 0 Å². The molecular formula is C46H81NO8P+. The predicted molar refractivity (Wildman–Crippen MR) is 233 cm³/mol. The number of rotatable bonds is 38. The van der Waals surface area contributed by atoms with E-state index < -0.39 is 32.5 Å². The van der Waals surface area contributed by atoms with Gasteiger partial charge in [-0.05, 0) is 83.5 Å². The van der Waals surface area contributed by atoms with Gasteiger partial charge in [-0.15, -0.1) is 0 Å². The van der Waals surface area contributed by atoms with E-state index in [-0.39, 0.29) is 26.1 Å². The number of phosphoric acid groups is 1. The Morgan fingerprint density at radius 1 is 0.571 bits per heavy atom. The molecule has 2 atom stereocenters. The molecule has 56 heavy (non-hydrogen) atoms. The molecule has 0 aromatic rings. The number of phosphoric ester groups is 1. The van der Waals surface area contributed by atoms with Gasteiger partial charge in [0.25, 0.3) is 0 Å². The molecule has 0 spiro atoms. The van der Waals surface area contributed by atoms with Gasteiger partial charge in [0.05, 0.1) is 27.7 Å². The van der Waals surface area contributed by atoms with Gasteiger partial charge in [0.15, 0.2) is 6.10 Å². The number of likely N-dealkylation sites (N-methyl/N-ethyl adjacent to an activating group) is 1. The number of nitrogens with zero attached hydrogens (tertiary/aromatic N) is 1. The molecule has 0 radical (unpaired) electrons. The second-order valence-corrected chi connectivity index (χ2v) is 16.8. The van der Waals surface area contributed by atoms with Crippen LogP contribution in [0.3, 0.4) is 0 Å². The molecular weight excluding hydrogens is 725 g/mol. The summed E-state index contributed by atoms with van der Waals surface area (Å²) in [6, 6.07) is 0. The van der Waals surface area contributed by atoms with Crippen molar-refractivity contribution in [2.75, 3.05) is 47.5 Å². The molecule has 0 saturated heterocycles. The fourth-order valence-corrected chi connectivity index (χ4v) is 6.07. The molecule has 0 fully saturated rings. The Hall–Kier alpha value is -2.55. The van der Waals surface area contributed by atoms with Crippen molar-refractivity contribution in [1.82, 2.24) is 0 Å². The number of unbranched alkanes of at least 4 members (excludes halogenated alkanes) is 12. The predicted octanol–water partition coefficient (Wildman–Crippen LogP) is 12.2. The van der Waals surface area contributed by atoms with Gasteiger partial charge in [-0.2, -0.15) is 0 Å². The quantitative estimate of drug-likeness (QED) is 0.0216. The number of carbonyl (C=O) groups is 2. The number of hydrogen-bond donors (Lipinski definition) is 1. The van der Waals surface area contributed by atoms with E-state index in [0.29, 0.717) is 23.9 Å². The van der Waals surface area contributed by atoms with E-state index in [2.05, 4.69) is 86.8 Å². The Balaban J connectivity index is 4.46. The molecule has 322 valence electrons. The number of ether oxygens (including phenoxy) is 2. The first-order chi connectivity index (χ1) is 27.0. The third-order valence-electron chi connectivity index (χ3n) is 8.72. The van der Waals surface area contributed by atoms with Crippen LogP contribution in [0.25, 0.3) is 0 Å². The maximum atomic E-state index is 12.7. The molecule has 10 heteroatoms. The molecule has 1 N–H and O–H groups in total. The first-order valence-electron chi connectivity index (χ1n) is 21.7. The highest BCUT2D eigenvalue weighted by atomic mass is 31.2. The highest BCUT2D eigenvalue weighted by Crippen LogP contribution is 2.43. The standard InChI is InChI=1S/C46H80NO8P/c1-6-8-10-12-14-16-18-20-22-23-25-27-29-31-33-35-37-39-46(49)55-44(43-54-56(50,51)53-41-40-47(3,4)5)42-52-45(48)38-36-34-32-30-28-26-24-21-19-17-15-13-11-9-7-2/h9,11,14-17,20-22,24,28,30,44H,6-8,10,12-13,18-19,23,25-27,29,31-43H2,1-5H3/p+1/b11-9-,16-14-,17-15-,22-20-,24-21-,30-28-/t44-/m1/s1. The zero-order chi connectivity index (χ0) is 41.4. The highest BCUT2D eigenvalue weighted by Gasteiger charge is 2.27. The lowest BCUT2D eigenvalue weighted by molar-refractivity contribution is -0.870. The monoisotopic (exact) mass is 807 g/mol. The second-order valence-electron chi connectivity index (χ2n) is 15.3. The molecule has 0 aliphatic rings. The molecule has 0 aromatic carbocycles. The number of quaternary nitrogens is 1. The minimum absolute atomic E-state index is 0.0196. The van der Waals surface area contributed by atoms with Gasteiger partial charge in [-0.3, -0.25) is 18.6 Å². The first kappa shape index (κ1) is 53.5. The number of carbonyl (C=O) groups excluding carboxylic acids is 2. The van der Waals surface area contributed by atoms with Crippen LogP contribution in [-0.2, 0) is 32.7 Å². The molecule has 0 aliphatic carbocycles. The molecule has 0 bridgehead atoms. The van der Waals surface area contributed by atoms with Gasteiger partial charge in [-0.25, -0.2) is 4.57 Å². The molecule has 9 nitrogen and oxygen atoms in total. The van der Waals surface area contributed by atoms with Crippen LogP contribution in [0, 0.1) is 0 Å². The van der Waals surface area contributed by atoms with Crippen molar-refractivity contribution >= 4 is 19.8 Å². The summed E-state index contributed by atoms with van der Waals surface area (Å²) in [5.74, 6) is -0.863. The summed E-state index contributed by atoms with van der Waals surface area (Å²) in [7, 11) is 1.43. The van der Waals surface area contributed by atoms with Crippen LogP contribution in [0.5, 0.6) is 0 Å². The Bertz CT molecular complexity index is 1180. The van der Waals surface area contributed by atoms with Crippen LogP contribution < -0.4 is 0 Å². The van der Waals surface area contributed by atoms with Crippen molar-refractivity contribution in [2.24, 2.45) is 0 Å². The maximum absolute atomic E-state index is 12.7. The highest BCUT2D eigenvalue weighted by molar-refractivity contribution is 7.47. The Morgan fingerprint density at radius 3 is 1.55 bits per heavy atom. The summed E-state index contributed by atoms with van der Waals surface area (Å²) < 4.78 is 34.2. The lowest BCUT2D eigenvalue weighted by Gasteiger charge is -2.24. The Kier molecular flexibility index (Phi) is 36.3. The van der Waals surface area contributed by atoms with Gasteiger partial charge < -0.3 is 18.9 Å². The summed E-state index contributed by atoms with van der Waals surface area (Å²) in [5, 5.41) is 0. The SMILES string of the molecule is CC/C=C\C/C=C\C/C=C\C/C=C\CCCCC(=O)OC[C@H](COP(=O)(O)OCC[N+](C)(C)C)OC(=O)CCCCCCCCC/C=C\C/C=C\CCCCC. The molecule has 0 aromatic heterocycles. The third kappa shape index (κ3) is 41.1. The number of esters is 2. The van der Waals surface area contributed by atoms with E-state index in [1.165, 1.54) is 44.9 Å². The smallest absolute Gasteiger partial charge is 0.462 e. The topological polar surface area (TPSA) is 108 Å². The largest absolute Gasteiger partial charge is 0.472 e. The summed E-state index contributed by atoms with van der Waals surface area (Å²) in [6.07, 6.45) is 46.6. The zero-order valence-electron chi connectivity index (χ0n) is 36.1. The third-order valence-corrected chi connectivity index (χ3v) is 9.70. The van der Waals surface area contributed by atoms with E-state index in [1.807, 2.05) is 21.1 Å². The summed E-state index contributed by atoms with van der Waals surface area (Å²) in [5.41, 5.74) is 0. The molecule has 1 unspecified atom stereocenters. The van der Waals surface area contributed by atoms with E-state index in [4.69, 9.17) is 18.5 Å². The van der Waals surface area contributed by atoms with Gasteiger partial charge >= 0.3 is 19.8 Å². The number of allylic oxidation sites excluding steroid dienone is 12. The van der Waals surface area contributed by atoms with Gasteiger partial charge in [0.2, 0.25) is 0 Å². The minimum Gasteiger partial charge on any atom is -0.462 e. The Morgan fingerprint density at radius 2 is 1.02 bits per heavy atom. The van der Waals surface area contributed by atoms with Crippen LogP contribution in [0.2, 0.25) is 0 Å². The fourth-order valence-electron chi connectivity index (χ4n) is 5.33. The zero-order valence-corrected chi connectivity index (χ0v) is 37.0. The molecule has 0 amide bonds. The van der Waals surface area contributed by atoms with Crippen molar-refractivity contribution in [1.29, 1.82) is 0 Å². The first-order valence-corrected chi connectivity index (χ1v) is 23.2. The van der Waals surface area contributed by atoms with Gasteiger partial charge in [0, 0.05) is 12.8 Å². The fraction of sp³-hybridized carbons (Fsp3) is 0.696. The van der Waals surface area contributed by atoms with Crippen LogP contribution in [0.4, 0.5) is 0 Å². The van der Waals surface area contributed by atoms with Crippen molar-refractivity contribution in [3.05, 3.63) is 72.9 Å². The van der Waals surface area contributed by atoms with Crippen molar-refractivity contribution in [2.45, 2.75) is 161 Å². The number of hydrogen-bond acceptors (Lipinski definition) is 7. The second kappa shape index (κ2) is 38.0. The van der Waals surface area contributed by atoms with E-state index in [0.717, 1.165) is 70.6 Å². The molecule has 0 rings (SSSR count). The normalized spacial score (nSPS) is 14.3. The molecule has 0 aliphatic heterocycles. The van der Waals surface area contributed by atoms with E-state index >= 15 is 0 Å². The molecule has 0 saturated carbocycles.